The van der Waals surface area contributed by atoms with Gasteiger partial charge in [0.15, 0.2) is 0 Å². The molecule has 4 heteroatoms. The first-order valence-electron chi connectivity index (χ1n) is 6.52. The molecule has 0 fully saturated rings. The van der Waals surface area contributed by atoms with E-state index in [1.165, 1.54) is 6.07 Å². The third kappa shape index (κ3) is 2.89. The van der Waals surface area contributed by atoms with E-state index in [9.17, 15) is 9.59 Å². The highest BCUT2D eigenvalue weighted by atomic mass is 16.2. The summed E-state index contributed by atoms with van der Waals surface area (Å²) in [5.74, 6) is 2.27. The van der Waals surface area contributed by atoms with Crippen LogP contribution in [0.15, 0.2) is 35.1 Å². The number of nitrogens with one attached hydrogen (secondary N) is 2. The van der Waals surface area contributed by atoms with Gasteiger partial charge in [-0.25, -0.2) is 0 Å². The molecule has 2 aromatic rings. The number of aromatic amines is 1. The molecule has 102 valence electrons. The molecule has 1 heterocycles. The number of rotatable bonds is 4. The molecule has 0 saturated heterocycles. The van der Waals surface area contributed by atoms with Crippen molar-refractivity contribution >= 4 is 16.8 Å². The van der Waals surface area contributed by atoms with Gasteiger partial charge in [-0.3, -0.25) is 9.59 Å². The molecule has 4 nitrogen and oxygen atoms in total. The van der Waals surface area contributed by atoms with Crippen molar-refractivity contribution in [3.05, 3.63) is 46.2 Å². The minimum Gasteiger partial charge on any atom is -0.348 e. The predicted molar refractivity (Wildman–Crippen MR) is 79.6 cm³/mol. The van der Waals surface area contributed by atoms with Crippen LogP contribution in [0.25, 0.3) is 10.9 Å². The third-order valence-electron chi connectivity index (χ3n) is 3.19. The highest BCUT2D eigenvalue weighted by Gasteiger charge is 2.14. The molecule has 20 heavy (non-hydrogen) atoms. The van der Waals surface area contributed by atoms with E-state index in [-0.39, 0.29) is 17.5 Å². The van der Waals surface area contributed by atoms with Crippen LogP contribution in [0.1, 0.15) is 30.1 Å². The van der Waals surface area contributed by atoms with Gasteiger partial charge in [-0.2, -0.15) is 0 Å². The van der Waals surface area contributed by atoms with Crippen LogP contribution in [-0.2, 0) is 0 Å². The Bertz CT molecular complexity index is 725. The summed E-state index contributed by atoms with van der Waals surface area (Å²) in [6.07, 6.45) is 6.50. The van der Waals surface area contributed by atoms with Crippen LogP contribution in [0.5, 0.6) is 0 Å². The molecule has 0 spiro atoms. The monoisotopic (exact) mass is 268 g/mol. The van der Waals surface area contributed by atoms with Crippen molar-refractivity contribution in [2.24, 2.45) is 0 Å². The molecule has 0 aliphatic heterocycles. The van der Waals surface area contributed by atoms with Crippen LogP contribution in [-0.4, -0.2) is 16.9 Å². The molecule has 1 unspecified atom stereocenters. The lowest BCUT2D eigenvalue weighted by Crippen LogP contribution is -2.34. The number of hydrogen-bond acceptors (Lipinski definition) is 2. The fraction of sp³-hybridized carbons (Fsp3) is 0.250. The first kappa shape index (κ1) is 13.9. The molecular weight excluding hydrogens is 252 g/mol. The van der Waals surface area contributed by atoms with Gasteiger partial charge in [0.1, 0.15) is 0 Å². The minimum absolute atomic E-state index is 0.0782. The van der Waals surface area contributed by atoms with E-state index in [0.29, 0.717) is 17.5 Å². The molecule has 0 aliphatic rings. The van der Waals surface area contributed by atoms with Crippen molar-refractivity contribution in [2.75, 3.05) is 0 Å². The third-order valence-corrected chi connectivity index (χ3v) is 3.19. The summed E-state index contributed by atoms with van der Waals surface area (Å²) < 4.78 is 0. The fourth-order valence-corrected chi connectivity index (χ4v) is 2.10. The molecule has 0 saturated carbocycles. The maximum atomic E-state index is 12.3. The van der Waals surface area contributed by atoms with Gasteiger partial charge in [0, 0.05) is 29.4 Å². The Morgan fingerprint density at radius 2 is 2.20 bits per heavy atom. The normalized spacial score (nSPS) is 11.8. The van der Waals surface area contributed by atoms with Crippen molar-refractivity contribution < 1.29 is 4.79 Å². The zero-order chi connectivity index (χ0) is 14.5. The lowest BCUT2D eigenvalue weighted by molar-refractivity contribution is 0.0938. The number of para-hydroxylation sites is 1. The number of benzene rings is 1. The maximum Gasteiger partial charge on any atom is 0.252 e. The smallest absolute Gasteiger partial charge is 0.252 e. The molecule has 0 bridgehead atoms. The van der Waals surface area contributed by atoms with Gasteiger partial charge in [0.25, 0.3) is 5.91 Å². The Morgan fingerprint density at radius 3 is 2.90 bits per heavy atom. The van der Waals surface area contributed by atoms with Gasteiger partial charge in [-0.05, 0) is 12.5 Å². The summed E-state index contributed by atoms with van der Waals surface area (Å²) in [5, 5.41) is 3.59. The van der Waals surface area contributed by atoms with E-state index in [1.807, 2.05) is 25.1 Å². The number of H-pyrrole nitrogens is 1. The quantitative estimate of drug-likeness (QED) is 0.834. The van der Waals surface area contributed by atoms with E-state index in [2.05, 4.69) is 16.2 Å². The zero-order valence-corrected chi connectivity index (χ0v) is 11.3. The average molecular weight is 268 g/mol. The van der Waals surface area contributed by atoms with Crippen LogP contribution >= 0.6 is 0 Å². The Labute approximate surface area is 117 Å². The van der Waals surface area contributed by atoms with Crippen LogP contribution in [0, 0.1) is 12.3 Å². The lowest BCUT2D eigenvalue weighted by atomic mass is 10.1. The van der Waals surface area contributed by atoms with E-state index in [1.54, 1.807) is 6.07 Å². The lowest BCUT2D eigenvalue weighted by Gasteiger charge is -2.15. The Kier molecular flexibility index (Phi) is 4.21. The van der Waals surface area contributed by atoms with Crippen molar-refractivity contribution in [1.82, 2.24) is 10.3 Å². The van der Waals surface area contributed by atoms with Gasteiger partial charge in [0.2, 0.25) is 5.56 Å². The zero-order valence-electron chi connectivity index (χ0n) is 11.3. The van der Waals surface area contributed by atoms with Gasteiger partial charge < -0.3 is 10.3 Å². The number of terminal acetylenes is 1. The van der Waals surface area contributed by atoms with E-state index in [0.717, 1.165) is 11.8 Å². The van der Waals surface area contributed by atoms with Crippen molar-refractivity contribution in [1.29, 1.82) is 0 Å². The van der Waals surface area contributed by atoms with Gasteiger partial charge >= 0.3 is 0 Å². The van der Waals surface area contributed by atoms with Crippen molar-refractivity contribution in [3.8, 4) is 12.3 Å². The van der Waals surface area contributed by atoms with Crippen molar-refractivity contribution in [2.45, 2.75) is 25.8 Å². The van der Waals surface area contributed by atoms with Crippen LogP contribution in [0.2, 0.25) is 0 Å². The summed E-state index contributed by atoms with van der Waals surface area (Å²) in [4.78, 5) is 26.7. The van der Waals surface area contributed by atoms with Crippen LogP contribution in [0.4, 0.5) is 0 Å². The first-order valence-corrected chi connectivity index (χ1v) is 6.52. The average Bonchev–Trinajstić information content (AvgIpc) is 2.45. The standard InChI is InChI=1S/C16H16N2O2/c1-3-7-11(4-2)17-16(20)13-10-15(19)18-14-9-6-5-8-12(13)14/h1,5-6,8-11H,4,7H2,2H3,(H,17,20)(H,18,19). The highest BCUT2D eigenvalue weighted by molar-refractivity contribution is 6.06. The molecule has 2 N–H and O–H groups in total. The van der Waals surface area contributed by atoms with E-state index >= 15 is 0 Å². The number of carbonyl (C=O) groups is 1. The maximum absolute atomic E-state index is 12.3. The number of amides is 1. The molecule has 1 atom stereocenters. The first-order chi connectivity index (χ1) is 9.65. The summed E-state index contributed by atoms with van der Waals surface area (Å²) in [6.45, 7) is 1.96. The number of hydrogen-bond donors (Lipinski definition) is 2. The Balaban J connectivity index is 2.40. The topological polar surface area (TPSA) is 62.0 Å². The Hall–Kier alpha value is -2.54. The number of fused-ring (bicyclic) bond motifs is 1. The fourth-order valence-electron chi connectivity index (χ4n) is 2.10. The van der Waals surface area contributed by atoms with Gasteiger partial charge in [-0.1, -0.05) is 25.1 Å². The number of pyridine rings is 1. The molecular formula is C16H16N2O2. The summed E-state index contributed by atoms with van der Waals surface area (Å²) in [6, 6.07) is 8.46. The molecule has 0 radical (unpaired) electrons. The van der Waals surface area contributed by atoms with Gasteiger partial charge in [0.05, 0.1) is 5.56 Å². The predicted octanol–water partition coefficient (Wildman–Crippen LogP) is 2.06. The number of aromatic nitrogens is 1. The molecule has 1 aromatic heterocycles. The molecule has 1 amide bonds. The minimum atomic E-state index is -0.293. The van der Waals surface area contributed by atoms with Crippen molar-refractivity contribution in [3.63, 3.8) is 0 Å². The molecule has 0 aliphatic carbocycles. The second-order valence-electron chi connectivity index (χ2n) is 4.58. The summed E-state index contributed by atoms with van der Waals surface area (Å²) >= 11 is 0. The second kappa shape index (κ2) is 6.07. The second-order valence-corrected chi connectivity index (χ2v) is 4.58. The largest absolute Gasteiger partial charge is 0.348 e. The van der Waals surface area contributed by atoms with E-state index < -0.39 is 0 Å². The van der Waals surface area contributed by atoms with Gasteiger partial charge in [-0.15, -0.1) is 12.3 Å². The Morgan fingerprint density at radius 1 is 1.45 bits per heavy atom. The number of carbonyl (C=O) groups excluding carboxylic acids is 1. The van der Waals surface area contributed by atoms with E-state index in [4.69, 9.17) is 6.42 Å². The SMILES string of the molecule is C#CCC(CC)NC(=O)c1cc(=O)[nH]c2ccccc12. The summed E-state index contributed by atoms with van der Waals surface area (Å²) in [7, 11) is 0. The van der Waals surface area contributed by atoms with Crippen LogP contribution in [0.3, 0.4) is 0 Å². The van der Waals surface area contributed by atoms with Crippen LogP contribution < -0.4 is 10.9 Å². The summed E-state index contributed by atoms with van der Waals surface area (Å²) in [5.41, 5.74) is 0.730. The highest BCUT2D eigenvalue weighted by Crippen LogP contribution is 2.14. The molecule has 1 aromatic carbocycles. The molecule has 2 rings (SSSR count).